The topological polar surface area (TPSA) is 70.2 Å². The second-order valence-corrected chi connectivity index (χ2v) is 7.44. The van der Waals surface area contributed by atoms with E-state index in [-0.39, 0.29) is 12.1 Å². The molecule has 1 heterocycles. The van der Waals surface area contributed by atoms with Gasteiger partial charge < -0.3 is 19.9 Å². The molecule has 1 aliphatic rings. The van der Waals surface area contributed by atoms with Gasteiger partial charge in [-0.3, -0.25) is 0 Å². The van der Waals surface area contributed by atoms with Crippen molar-refractivity contribution in [3.63, 3.8) is 0 Å². The van der Waals surface area contributed by atoms with E-state index in [4.69, 9.17) is 4.74 Å². The molecule has 2 rings (SSSR count). The van der Waals surface area contributed by atoms with Crippen LogP contribution in [-0.2, 0) is 11.3 Å². The van der Waals surface area contributed by atoms with Crippen LogP contribution in [-0.4, -0.2) is 45.7 Å². The summed E-state index contributed by atoms with van der Waals surface area (Å²) >= 11 is 0. The van der Waals surface area contributed by atoms with Crippen LogP contribution in [0.25, 0.3) is 0 Å². The summed E-state index contributed by atoms with van der Waals surface area (Å²) in [7, 11) is 1.85. The number of carbonyl (C=O) groups excluding carboxylic acids is 1. The Kier molecular flexibility index (Phi) is 5.68. The first-order valence-electron chi connectivity index (χ1n) is 8.44. The highest BCUT2D eigenvalue weighted by Crippen LogP contribution is 2.24. The minimum atomic E-state index is -0.438. The molecule has 2 N–H and O–H groups in total. The summed E-state index contributed by atoms with van der Waals surface area (Å²) in [6, 6.07) is 0.776. The van der Waals surface area contributed by atoms with Gasteiger partial charge in [-0.25, -0.2) is 9.78 Å². The maximum absolute atomic E-state index is 12.1. The van der Waals surface area contributed by atoms with Crippen LogP contribution in [0.15, 0.2) is 6.33 Å². The average Bonchev–Trinajstić information content (AvgIpc) is 2.88. The van der Waals surface area contributed by atoms with Crippen molar-refractivity contribution in [1.82, 2.24) is 20.2 Å². The van der Waals surface area contributed by atoms with Crippen molar-refractivity contribution in [3.8, 4) is 0 Å². The summed E-state index contributed by atoms with van der Waals surface area (Å²) in [5, 5.41) is 3.59. The quantitative estimate of drug-likeness (QED) is 0.894. The Balaban J connectivity index is 1.75. The molecule has 0 aliphatic heterocycles. The minimum Gasteiger partial charge on any atom is -0.444 e. The SMILES string of the molecule is Cc1nc[nH]c1CNC1CCC(N(C)C(=O)OC(C)(C)C)CC1. The number of nitrogens with zero attached hydrogens (tertiary/aromatic N) is 2. The summed E-state index contributed by atoms with van der Waals surface area (Å²) in [5.74, 6) is 0. The third-order valence-corrected chi connectivity index (χ3v) is 4.43. The number of amides is 1. The number of rotatable bonds is 4. The number of aromatic nitrogens is 2. The normalized spacial score (nSPS) is 22.0. The first-order chi connectivity index (χ1) is 10.8. The molecule has 0 atom stereocenters. The first kappa shape index (κ1) is 17.8. The van der Waals surface area contributed by atoms with Gasteiger partial charge in [0.2, 0.25) is 0 Å². The maximum Gasteiger partial charge on any atom is 0.410 e. The van der Waals surface area contributed by atoms with Crippen LogP contribution in [0.1, 0.15) is 57.8 Å². The maximum atomic E-state index is 12.1. The van der Waals surface area contributed by atoms with E-state index in [1.165, 1.54) is 0 Å². The summed E-state index contributed by atoms with van der Waals surface area (Å²) in [6.07, 6.45) is 5.68. The number of H-pyrrole nitrogens is 1. The lowest BCUT2D eigenvalue weighted by Gasteiger charge is -2.35. The Labute approximate surface area is 139 Å². The second kappa shape index (κ2) is 7.34. The Bertz CT molecular complexity index is 513. The molecule has 130 valence electrons. The van der Waals surface area contributed by atoms with Gasteiger partial charge in [-0.1, -0.05) is 0 Å². The van der Waals surface area contributed by atoms with Crippen LogP contribution in [0.3, 0.4) is 0 Å². The Morgan fingerprint density at radius 2 is 2.04 bits per heavy atom. The zero-order chi connectivity index (χ0) is 17.0. The Morgan fingerprint density at radius 1 is 1.39 bits per heavy atom. The molecule has 0 spiro atoms. The van der Waals surface area contributed by atoms with Crippen molar-refractivity contribution in [1.29, 1.82) is 0 Å². The zero-order valence-corrected chi connectivity index (χ0v) is 15.0. The monoisotopic (exact) mass is 322 g/mol. The predicted molar refractivity (Wildman–Crippen MR) is 90.2 cm³/mol. The number of aryl methyl sites for hydroxylation is 1. The van der Waals surface area contributed by atoms with Crippen LogP contribution in [0.5, 0.6) is 0 Å². The molecule has 1 aromatic rings. The standard InChI is InChI=1S/C17H30N4O2/c1-12-15(20-11-19-12)10-18-13-6-8-14(9-7-13)21(5)16(22)23-17(2,3)4/h11,13-14,18H,6-10H2,1-5H3,(H,19,20). The number of nitrogens with one attached hydrogen (secondary N) is 2. The molecule has 0 radical (unpaired) electrons. The van der Waals surface area contributed by atoms with E-state index in [2.05, 4.69) is 15.3 Å². The van der Waals surface area contributed by atoms with E-state index in [1.54, 1.807) is 11.2 Å². The van der Waals surface area contributed by atoms with Gasteiger partial charge in [-0.15, -0.1) is 0 Å². The molecule has 0 bridgehead atoms. The van der Waals surface area contributed by atoms with Crippen LogP contribution in [0, 0.1) is 6.92 Å². The second-order valence-electron chi connectivity index (χ2n) is 7.44. The fourth-order valence-corrected chi connectivity index (χ4v) is 2.96. The van der Waals surface area contributed by atoms with Crippen LogP contribution in [0.2, 0.25) is 0 Å². The average molecular weight is 322 g/mol. The van der Waals surface area contributed by atoms with E-state index in [9.17, 15) is 4.79 Å². The number of imidazole rings is 1. The van der Waals surface area contributed by atoms with Gasteiger partial charge >= 0.3 is 6.09 Å². The van der Waals surface area contributed by atoms with Crippen LogP contribution < -0.4 is 5.32 Å². The third-order valence-electron chi connectivity index (χ3n) is 4.43. The molecule has 0 unspecified atom stereocenters. The van der Waals surface area contributed by atoms with Crippen molar-refractivity contribution in [3.05, 3.63) is 17.7 Å². The molecule has 1 aromatic heterocycles. The molecule has 23 heavy (non-hydrogen) atoms. The van der Waals surface area contributed by atoms with Gasteiger partial charge in [-0.2, -0.15) is 0 Å². The Hall–Kier alpha value is -1.56. The van der Waals surface area contributed by atoms with E-state index in [0.717, 1.165) is 43.6 Å². The smallest absolute Gasteiger partial charge is 0.410 e. The number of hydrogen-bond donors (Lipinski definition) is 2. The van der Waals surface area contributed by atoms with E-state index >= 15 is 0 Å². The fraction of sp³-hybridized carbons (Fsp3) is 0.765. The van der Waals surface area contributed by atoms with Gasteiger partial charge in [0, 0.05) is 25.7 Å². The van der Waals surface area contributed by atoms with Crippen LogP contribution in [0.4, 0.5) is 4.79 Å². The molecule has 1 aliphatic carbocycles. The molecule has 1 fully saturated rings. The van der Waals surface area contributed by atoms with Gasteiger partial charge in [0.05, 0.1) is 17.7 Å². The molecule has 6 heteroatoms. The molecule has 0 saturated heterocycles. The number of ether oxygens (including phenoxy) is 1. The molecule has 1 saturated carbocycles. The number of hydrogen-bond acceptors (Lipinski definition) is 4. The number of aromatic amines is 1. The van der Waals surface area contributed by atoms with Crippen molar-refractivity contribution in [2.75, 3.05) is 7.05 Å². The first-order valence-corrected chi connectivity index (χ1v) is 8.44. The zero-order valence-electron chi connectivity index (χ0n) is 15.0. The van der Waals surface area contributed by atoms with Gasteiger partial charge in [0.25, 0.3) is 0 Å². The summed E-state index contributed by atoms with van der Waals surface area (Å²) in [5.41, 5.74) is 1.76. The molecule has 1 amide bonds. The lowest BCUT2D eigenvalue weighted by atomic mass is 9.90. The van der Waals surface area contributed by atoms with E-state index in [1.807, 2.05) is 34.7 Å². The minimum absolute atomic E-state index is 0.220. The van der Waals surface area contributed by atoms with Gasteiger partial charge in [0.1, 0.15) is 5.60 Å². The van der Waals surface area contributed by atoms with Crippen molar-refractivity contribution in [2.45, 2.75) is 77.6 Å². The summed E-state index contributed by atoms with van der Waals surface area (Å²) in [4.78, 5) is 21.3. The number of carbonyl (C=O) groups is 1. The summed E-state index contributed by atoms with van der Waals surface area (Å²) < 4.78 is 5.45. The third kappa shape index (κ3) is 5.23. The van der Waals surface area contributed by atoms with Crippen molar-refractivity contribution in [2.24, 2.45) is 0 Å². The van der Waals surface area contributed by atoms with Crippen molar-refractivity contribution >= 4 is 6.09 Å². The lowest BCUT2D eigenvalue weighted by Crippen LogP contribution is -2.44. The lowest BCUT2D eigenvalue weighted by molar-refractivity contribution is 0.0179. The fourth-order valence-electron chi connectivity index (χ4n) is 2.96. The predicted octanol–water partition coefficient (Wildman–Crippen LogP) is 2.99. The van der Waals surface area contributed by atoms with E-state index in [0.29, 0.717) is 6.04 Å². The molecule has 6 nitrogen and oxygen atoms in total. The van der Waals surface area contributed by atoms with E-state index < -0.39 is 5.60 Å². The molecular weight excluding hydrogens is 292 g/mol. The van der Waals surface area contributed by atoms with Gasteiger partial charge in [0.15, 0.2) is 0 Å². The highest BCUT2D eigenvalue weighted by atomic mass is 16.6. The van der Waals surface area contributed by atoms with Crippen molar-refractivity contribution < 1.29 is 9.53 Å². The highest BCUT2D eigenvalue weighted by molar-refractivity contribution is 5.68. The molecule has 0 aromatic carbocycles. The summed E-state index contributed by atoms with van der Waals surface area (Å²) in [6.45, 7) is 8.54. The Morgan fingerprint density at radius 3 is 2.57 bits per heavy atom. The molecular formula is C17H30N4O2. The van der Waals surface area contributed by atoms with Crippen LogP contribution >= 0.6 is 0 Å². The largest absolute Gasteiger partial charge is 0.444 e. The van der Waals surface area contributed by atoms with Gasteiger partial charge in [-0.05, 0) is 53.4 Å². The highest BCUT2D eigenvalue weighted by Gasteiger charge is 2.29.